The second kappa shape index (κ2) is 6.74. The minimum Gasteiger partial charge on any atom is -0.453 e. The molecule has 1 atom stereocenters. The Morgan fingerprint density at radius 2 is 2.19 bits per heavy atom. The number of hydrogen-bond acceptors (Lipinski definition) is 3. The van der Waals surface area contributed by atoms with Crippen molar-refractivity contribution in [1.82, 2.24) is 10.2 Å². The zero-order valence-corrected chi connectivity index (χ0v) is 10.7. The normalized spacial score (nSPS) is 20.5. The van der Waals surface area contributed by atoms with Gasteiger partial charge >= 0.3 is 6.09 Å². The molecule has 0 spiro atoms. The van der Waals surface area contributed by atoms with Crippen LogP contribution in [0.5, 0.6) is 0 Å². The van der Waals surface area contributed by atoms with E-state index in [1.54, 1.807) is 4.90 Å². The van der Waals surface area contributed by atoms with Crippen molar-refractivity contribution >= 4 is 6.09 Å². The van der Waals surface area contributed by atoms with Crippen molar-refractivity contribution in [3.63, 3.8) is 0 Å². The number of nitrogens with zero attached hydrogens (tertiary/aromatic N) is 1. The van der Waals surface area contributed by atoms with Gasteiger partial charge in [-0.15, -0.1) is 0 Å². The first-order valence-electron chi connectivity index (χ1n) is 6.27. The number of likely N-dealkylation sites (tertiary alicyclic amines) is 1. The van der Waals surface area contributed by atoms with E-state index in [0.717, 1.165) is 32.0 Å². The van der Waals surface area contributed by atoms with Gasteiger partial charge in [-0.2, -0.15) is 0 Å². The molecule has 1 aliphatic rings. The number of ether oxygens (including phenoxy) is 1. The molecule has 16 heavy (non-hydrogen) atoms. The third kappa shape index (κ3) is 3.67. The summed E-state index contributed by atoms with van der Waals surface area (Å²) in [6.07, 6.45) is 3.27. The van der Waals surface area contributed by atoms with Crippen molar-refractivity contribution < 1.29 is 9.53 Å². The molecule has 0 aromatic carbocycles. The Bertz CT molecular complexity index is 217. The molecule has 94 valence electrons. The fourth-order valence-corrected chi connectivity index (χ4v) is 2.13. The highest BCUT2D eigenvalue weighted by Gasteiger charge is 2.26. The maximum atomic E-state index is 11.3. The number of methoxy groups -OCH3 is 1. The average molecular weight is 228 g/mol. The van der Waals surface area contributed by atoms with Gasteiger partial charge in [-0.1, -0.05) is 26.7 Å². The third-order valence-corrected chi connectivity index (χ3v) is 3.47. The molecule has 0 aliphatic carbocycles. The van der Waals surface area contributed by atoms with Crippen LogP contribution in [-0.2, 0) is 4.74 Å². The van der Waals surface area contributed by atoms with Gasteiger partial charge in [0.25, 0.3) is 0 Å². The Hall–Kier alpha value is -0.770. The van der Waals surface area contributed by atoms with Gasteiger partial charge in [0.2, 0.25) is 0 Å². The Kier molecular flexibility index (Phi) is 5.60. The molecule has 4 heteroatoms. The Labute approximate surface area is 98.3 Å². The lowest BCUT2D eigenvalue weighted by Crippen LogP contribution is -2.37. The van der Waals surface area contributed by atoms with Crippen molar-refractivity contribution in [3.05, 3.63) is 0 Å². The van der Waals surface area contributed by atoms with E-state index in [4.69, 9.17) is 4.74 Å². The van der Waals surface area contributed by atoms with Crippen LogP contribution in [0.25, 0.3) is 0 Å². The molecule has 1 aliphatic heterocycles. The Morgan fingerprint density at radius 1 is 1.50 bits per heavy atom. The largest absolute Gasteiger partial charge is 0.453 e. The van der Waals surface area contributed by atoms with Crippen LogP contribution in [0, 0.1) is 5.92 Å². The van der Waals surface area contributed by atoms with Crippen LogP contribution < -0.4 is 5.32 Å². The quantitative estimate of drug-likeness (QED) is 0.781. The third-order valence-electron chi connectivity index (χ3n) is 3.47. The summed E-state index contributed by atoms with van der Waals surface area (Å²) in [5.74, 6) is 0.757. The summed E-state index contributed by atoms with van der Waals surface area (Å²) < 4.78 is 4.71. The number of carbonyl (C=O) groups excluding carboxylic acids is 1. The fraction of sp³-hybridized carbons (Fsp3) is 0.917. The van der Waals surface area contributed by atoms with E-state index in [2.05, 4.69) is 19.2 Å². The van der Waals surface area contributed by atoms with E-state index in [1.165, 1.54) is 20.0 Å². The molecule has 0 bridgehead atoms. The van der Waals surface area contributed by atoms with Gasteiger partial charge in [0.1, 0.15) is 0 Å². The highest BCUT2D eigenvalue weighted by Crippen LogP contribution is 2.12. The summed E-state index contributed by atoms with van der Waals surface area (Å²) in [7, 11) is 1.44. The van der Waals surface area contributed by atoms with Gasteiger partial charge in [0, 0.05) is 19.1 Å². The standard InChI is InChI=1S/C12H24N2O2/c1-4-10(5-2)8-13-11-6-7-14(9-11)12(15)16-3/h10-11,13H,4-9H2,1-3H3/t11-/m0/s1. The maximum Gasteiger partial charge on any atom is 0.409 e. The smallest absolute Gasteiger partial charge is 0.409 e. The minimum absolute atomic E-state index is 0.202. The van der Waals surface area contributed by atoms with Gasteiger partial charge in [-0.3, -0.25) is 0 Å². The first-order valence-corrected chi connectivity index (χ1v) is 6.27. The molecule has 1 saturated heterocycles. The van der Waals surface area contributed by atoms with Gasteiger partial charge in [-0.25, -0.2) is 4.79 Å². The van der Waals surface area contributed by atoms with Crippen LogP contribution in [-0.4, -0.2) is 43.8 Å². The van der Waals surface area contributed by atoms with Crippen molar-refractivity contribution in [3.8, 4) is 0 Å². The topological polar surface area (TPSA) is 41.6 Å². The van der Waals surface area contributed by atoms with E-state index in [-0.39, 0.29) is 6.09 Å². The molecule has 0 radical (unpaired) electrons. The molecule has 1 N–H and O–H groups in total. The predicted molar refractivity (Wildman–Crippen MR) is 64.5 cm³/mol. The number of amides is 1. The molecule has 4 nitrogen and oxygen atoms in total. The van der Waals surface area contributed by atoms with E-state index in [0.29, 0.717) is 6.04 Å². The molecule has 1 fully saturated rings. The van der Waals surface area contributed by atoms with Crippen molar-refractivity contribution in [2.75, 3.05) is 26.7 Å². The van der Waals surface area contributed by atoms with Crippen molar-refractivity contribution in [2.24, 2.45) is 5.92 Å². The molecule has 0 saturated carbocycles. The van der Waals surface area contributed by atoms with Crippen LogP contribution in [0.4, 0.5) is 4.79 Å². The monoisotopic (exact) mass is 228 g/mol. The van der Waals surface area contributed by atoms with Crippen LogP contribution in [0.15, 0.2) is 0 Å². The summed E-state index contributed by atoms with van der Waals surface area (Å²) in [6.45, 7) is 7.11. The molecule has 1 amide bonds. The van der Waals surface area contributed by atoms with Gasteiger partial charge in [0.15, 0.2) is 0 Å². The van der Waals surface area contributed by atoms with Crippen molar-refractivity contribution in [2.45, 2.75) is 39.2 Å². The van der Waals surface area contributed by atoms with Crippen LogP contribution >= 0.6 is 0 Å². The molecule has 1 heterocycles. The van der Waals surface area contributed by atoms with Crippen LogP contribution in [0.1, 0.15) is 33.1 Å². The number of nitrogens with one attached hydrogen (secondary N) is 1. The minimum atomic E-state index is -0.202. The van der Waals surface area contributed by atoms with Gasteiger partial charge in [-0.05, 0) is 18.9 Å². The Morgan fingerprint density at radius 3 is 2.75 bits per heavy atom. The SMILES string of the molecule is CCC(CC)CN[C@H]1CCN(C(=O)OC)C1. The summed E-state index contributed by atoms with van der Waals surface area (Å²) in [4.78, 5) is 13.1. The lowest BCUT2D eigenvalue weighted by atomic mass is 10.0. The first-order chi connectivity index (χ1) is 7.71. The van der Waals surface area contributed by atoms with Crippen LogP contribution in [0.3, 0.4) is 0 Å². The summed E-state index contributed by atoms with van der Waals surface area (Å²) in [5, 5.41) is 3.54. The number of rotatable bonds is 5. The molecule has 0 aromatic heterocycles. The molecule has 0 aromatic rings. The predicted octanol–water partition coefficient (Wildman–Crippen LogP) is 1.85. The average Bonchev–Trinajstić information content (AvgIpc) is 2.78. The molecule has 1 rings (SSSR count). The summed E-state index contributed by atoms with van der Waals surface area (Å²) in [5.41, 5.74) is 0. The highest BCUT2D eigenvalue weighted by atomic mass is 16.5. The zero-order valence-electron chi connectivity index (χ0n) is 10.7. The molecular formula is C12H24N2O2. The highest BCUT2D eigenvalue weighted by molar-refractivity contribution is 5.67. The molecular weight excluding hydrogens is 204 g/mol. The fourth-order valence-electron chi connectivity index (χ4n) is 2.13. The van der Waals surface area contributed by atoms with E-state index in [9.17, 15) is 4.79 Å². The summed E-state index contributed by atoms with van der Waals surface area (Å²) in [6, 6.07) is 0.444. The lowest BCUT2D eigenvalue weighted by Gasteiger charge is -2.18. The molecule has 0 unspecified atom stereocenters. The first kappa shape index (κ1) is 13.3. The maximum absolute atomic E-state index is 11.3. The van der Waals surface area contributed by atoms with E-state index >= 15 is 0 Å². The van der Waals surface area contributed by atoms with E-state index < -0.39 is 0 Å². The van der Waals surface area contributed by atoms with E-state index in [1.807, 2.05) is 0 Å². The second-order valence-electron chi connectivity index (χ2n) is 4.49. The number of hydrogen-bond donors (Lipinski definition) is 1. The Balaban J connectivity index is 2.23. The number of carbonyl (C=O) groups is 1. The van der Waals surface area contributed by atoms with Crippen molar-refractivity contribution in [1.29, 1.82) is 0 Å². The summed E-state index contributed by atoms with van der Waals surface area (Å²) >= 11 is 0. The van der Waals surface area contributed by atoms with Gasteiger partial charge in [0.05, 0.1) is 7.11 Å². The second-order valence-corrected chi connectivity index (χ2v) is 4.49. The lowest BCUT2D eigenvalue weighted by molar-refractivity contribution is 0.132. The van der Waals surface area contributed by atoms with Crippen LogP contribution in [0.2, 0.25) is 0 Å². The zero-order chi connectivity index (χ0) is 12.0. The van der Waals surface area contributed by atoms with Gasteiger partial charge < -0.3 is 15.0 Å².